The molecule has 0 bridgehead atoms. The van der Waals surface area contributed by atoms with Gasteiger partial charge in [-0.3, -0.25) is 10.1 Å². The minimum atomic E-state index is -1.39. The molecule has 0 aliphatic heterocycles. The van der Waals surface area contributed by atoms with Crippen LogP contribution in [0.2, 0.25) is 0 Å². The maximum absolute atomic E-state index is 11.1. The van der Waals surface area contributed by atoms with Gasteiger partial charge in [0.2, 0.25) is 0 Å². The van der Waals surface area contributed by atoms with E-state index in [-0.39, 0.29) is 12.4 Å². The zero-order valence-corrected chi connectivity index (χ0v) is 12.1. The van der Waals surface area contributed by atoms with Crippen LogP contribution < -0.4 is 4.74 Å². The molecule has 0 aromatic heterocycles. The summed E-state index contributed by atoms with van der Waals surface area (Å²) in [5.41, 5.74) is -0.926. The Bertz CT molecular complexity index is 500. The molecule has 1 rings (SSSR count). The van der Waals surface area contributed by atoms with Crippen molar-refractivity contribution in [2.45, 2.75) is 20.3 Å². The van der Waals surface area contributed by atoms with Gasteiger partial charge in [-0.15, -0.1) is 0 Å². The number of aromatic carboxylic acids is 1. The first kappa shape index (κ1) is 16.9. The molecule has 0 fully saturated rings. The molecule has 7 heteroatoms. The zero-order chi connectivity index (χ0) is 15.8. The van der Waals surface area contributed by atoms with Gasteiger partial charge in [0, 0.05) is 12.7 Å². The van der Waals surface area contributed by atoms with Gasteiger partial charge < -0.3 is 14.6 Å². The van der Waals surface area contributed by atoms with Gasteiger partial charge in [-0.1, -0.05) is 19.9 Å². The summed E-state index contributed by atoms with van der Waals surface area (Å²) in [7, 11) is 0. The molecule has 0 heterocycles. The second kappa shape index (κ2) is 8.21. The summed E-state index contributed by atoms with van der Waals surface area (Å²) in [5.74, 6) is -0.872. The summed E-state index contributed by atoms with van der Waals surface area (Å²) in [5, 5.41) is 19.9. The third-order valence-electron chi connectivity index (χ3n) is 2.74. The van der Waals surface area contributed by atoms with Crippen LogP contribution in [0.5, 0.6) is 5.75 Å². The van der Waals surface area contributed by atoms with Crippen molar-refractivity contribution in [2.75, 3.05) is 19.8 Å². The monoisotopic (exact) mass is 297 g/mol. The number of nitro groups is 1. The molecule has 0 unspecified atom stereocenters. The molecule has 116 valence electrons. The smallest absolute Gasteiger partial charge is 0.346 e. The molecule has 1 aromatic rings. The van der Waals surface area contributed by atoms with Crippen molar-refractivity contribution in [1.82, 2.24) is 0 Å². The zero-order valence-electron chi connectivity index (χ0n) is 12.1. The Morgan fingerprint density at radius 2 is 2.05 bits per heavy atom. The largest absolute Gasteiger partial charge is 0.490 e. The molecule has 0 aliphatic rings. The van der Waals surface area contributed by atoms with Crippen LogP contribution >= 0.6 is 0 Å². The van der Waals surface area contributed by atoms with Gasteiger partial charge in [0.15, 0.2) is 5.56 Å². The molecular weight excluding hydrogens is 278 g/mol. The quantitative estimate of drug-likeness (QED) is 0.427. The second-order valence-electron chi connectivity index (χ2n) is 4.86. The van der Waals surface area contributed by atoms with Crippen molar-refractivity contribution in [2.24, 2.45) is 5.92 Å². The number of rotatable bonds is 9. The third kappa shape index (κ3) is 5.39. The fourth-order valence-corrected chi connectivity index (χ4v) is 1.64. The number of benzene rings is 1. The van der Waals surface area contributed by atoms with Gasteiger partial charge in [-0.05, 0) is 18.4 Å². The minimum Gasteiger partial charge on any atom is -0.490 e. The van der Waals surface area contributed by atoms with Crippen LogP contribution in [-0.2, 0) is 4.74 Å². The van der Waals surface area contributed by atoms with Crippen molar-refractivity contribution >= 4 is 11.7 Å². The summed E-state index contributed by atoms with van der Waals surface area (Å²) in [6.45, 7) is 5.21. The van der Waals surface area contributed by atoms with Gasteiger partial charge >= 0.3 is 5.97 Å². The van der Waals surface area contributed by atoms with Crippen molar-refractivity contribution in [3.05, 3.63) is 33.9 Å². The Balaban J connectivity index is 2.61. The highest BCUT2D eigenvalue weighted by Gasteiger charge is 2.24. The number of nitrogens with zero attached hydrogens (tertiary/aromatic N) is 1. The maximum atomic E-state index is 11.1. The molecular formula is C14H19NO6. The molecule has 21 heavy (non-hydrogen) atoms. The SMILES string of the molecule is CC(C)CCOCCOc1cccc([N+](=O)[O-])c1C(=O)O. The molecule has 0 amide bonds. The Morgan fingerprint density at radius 1 is 1.33 bits per heavy atom. The van der Waals surface area contributed by atoms with E-state index in [9.17, 15) is 14.9 Å². The lowest BCUT2D eigenvalue weighted by atomic mass is 10.1. The van der Waals surface area contributed by atoms with Crippen LogP contribution in [0, 0.1) is 16.0 Å². The first-order valence-corrected chi connectivity index (χ1v) is 6.64. The highest BCUT2D eigenvalue weighted by molar-refractivity contribution is 5.95. The van der Waals surface area contributed by atoms with Gasteiger partial charge in [0.05, 0.1) is 11.5 Å². The van der Waals surface area contributed by atoms with E-state index in [0.717, 1.165) is 12.5 Å². The van der Waals surface area contributed by atoms with E-state index >= 15 is 0 Å². The predicted molar refractivity (Wildman–Crippen MR) is 75.8 cm³/mol. The van der Waals surface area contributed by atoms with Crippen molar-refractivity contribution < 1.29 is 24.3 Å². The number of hydrogen-bond acceptors (Lipinski definition) is 5. The maximum Gasteiger partial charge on any atom is 0.346 e. The Hall–Kier alpha value is -2.15. The Kier molecular flexibility index (Phi) is 6.61. The fourth-order valence-electron chi connectivity index (χ4n) is 1.64. The first-order valence-electron chi connectivity index (χ1n) is 6.64. The summed E-state index contributed by atoms with van der Waals surface area (Å²) in [6, 6.07) is 3.92. The van der Waals surface area contributed by atoms with E-state index in [4.69, 9.17) is 14.6 Å². The van der Waals surface area contributed by atoms with E-state index in [1.54, 1.807) is 0 Å². The van der Waals surface area contributed by atoms with E-state index in [0.29, 0.717) is 19.1 Å². The number of carboxylic acids is 1. The number of carboxylic acid groups (broad SMARTS) is 1. The van der Waals surface area contributed by atoms with Gasteiger partial charge in [0.1, 0.15) is 12.4 Å². The molecule has 7 nitrogen and oxygen atoms in total. The third-order valence-corrected chi connectivity index (χ3v) is 2.74. The van der Waals surface area contributed by atoms with Crippen molar-refractivity contribution in [1.29, 1.82) is 0 Å². The van der Waals surface area contributed by atoms with E-state index < -0.39 is 22.1 Å². The molecule has 1 aromatic carbocycles. The average molecular weight is 297 g/mol. The molecule has 0 saturated heterocycles. The minimum absolute atomic E-state index is 0.0239. The van der Waals surface area contributed by atoms with Crippen LogP contribution in [0.4, 0.5) is 5.69 Å². The van der Waals surface area contributed by atoms with Crippen LogP contribution in [0.1, 0.15) is 30.6 Å². The fraction of sp³-hybridized carbons (Fsp3) is 0.500. The van der Waals surface area contributed by atoms with E-state index in [1.807, 2.05) is 0 Å². The van der Waals surface area contributed by atoms with Crippen LogP contribution in [0.15, 0.2) is 18.2 Å². The van der Waals surface area contributed by atoms with Crippen LogP contribution in [-0.4, -0.2) is 35.8 Å². The molecule has 0 aliphatic carbocycles. The van der Waals surface area contributed by atoms with Gasteiger partial charge in [-0.2, -0.15) is 0 Å². The first-order chi connectivity index (χ1) is 9.93. The highest BCUT2D eigenvalue weighted by Crippen LogP contribution is 2.28. The highest BCUT2D eigenvalue weighted by atomic mass is 16.6. The molecule has 0 radical (unpaired) electrons. The topological polar surface area (TPSA) is 98.9 Å². The van der Waals surface area contributed by atoms with E-state index in [1.165, 1.54) is 12.1 Å². The average Bonchev–Trinajstić information content (AvgIpc) is 2.41. The Morgan fingerprint density at radius 3 is 2.62 bits per heavy atom. The lowest BCUT2D eigenvalue weighted by Crippen LogP contribution is -2.12. The number of hydrogen-bond donors (Lipinski definition) is 1. The molecule has 0 atom stereocenters. The molecule has 1 N–H and O–H groups in total. The predicted octanol–water partition coefficient (Wildman–Crippen LogP) is 2.73. The second-order valence-corrected chi connectivity index (χ2v) is 4.86. The lowest BCUT2D eigenvalue weighted by Gasteiger charge is -2.10. The summed E-state index contributed by atoms with van der Waals surface area (Å²) in [6.07, 6.45) is 0.928. The number of ether oxygens (including phenoxy) is 2. The standard InChI is InChI=1S/C14H19NO6/c1-10(2)6-7-20-8-9-21-12-5-3-4-11(15(18)19)13(12)14(16)17/h3-5,10H,6-9H2,1-2H3,(H,16,17). The summed E-state index contributed by atoms with van der Waals surface area (Å²) >= 11 is 0. The van der Waals surface area contributed by atoms with Crippen LogP contribution in [0.3, 0.4) is 0 Å². The Labute approximate surface area is 122 Å². The van der Waals surface area contributed by atoms with Gasteiger partial charge in [-0.25, -0.2) is 4.79 Å². The lowest BCUT2D eigenvalue weighted by molar-refractivity contribution is -0.385. The van der Waals surface area contributed by atoms with Crippen molar-refractivity contribution in [3.8, 4) is 5.75 Å². The van der Waals surface area contributed by atoms with Crippen molar-refractivity contribution in [3.63, 3.8) is 0 Å². The number of carbonyl (C=O) groups is 1. The molecule has 0 saturated carbocycles. The van der Waals surface area contributed by atoms with Crippen LogP contribution in [0.25, 0.3) is 0 Å². The van der Waals surface area contributed by atoms with E-state index in [2.05, 4.69) is 13.8 Å². The summed E-state index contributed by atoms with van der Waals surface area (Å²) < 4.78 is 10.6. The number of nitro benzene ring substituents is 1. The molecule has 0 spiro atoms. The van der Waals surface area contributed by atoms with Gasteiger partial charge in [0.25, 0.3) is 5.69 Å². The summed E-state index contributed by atoms with van der Waals surface area (Å²) in [4.78, 5) is 21.2. The normalized spacial score (nSPS) is 10.6.